The van der Waals surface area contributed by atoms with Crippen LogP contribution in [0, 0.1) is 0 Å². The molecule has 0 bridgehead atoms. The Morgan fingerprint density at radius 2 is 2.35 bits per heavy atom. The lowest BCUT2D eigenvalue weighted by atomic mass is 9.97. The summed E-state index contributed by atoms with van der Waals surface area (Å²) in [7, 11) is 1.55. The van der Waals surface area contributed by atoms with Gasteiger partial charge in [-0.2, -0.15) is 4.98 Å². The summed E-state index contributed by atoms with van der Waals surface area (Å²) in [5.74, 6) is 2.12. The topological polar surface area (TPSA) is 66.9 Å². The average molecular weight is 294 g/mol. The van der Waals surface area contributed by atoms with Crippen LogP contribution in [0.2, 0.25) is 5.02 Å². The molecule has 3 rings (SSSR count). The molecule has 0 saturated carbocycles. The molecule has 20 heavy (non-hydrogen) atoms. The Bertz CT molecular complexity index is 574. The second-order valence-corrected chi connectivity index (χ2v) is 5.20. The fourth-order valence-corrected chi connectivity index (χ4v) is 2.77. The SMILES string of the molecule is COc1ncc(Cl)c(N2CCCC(c3ncc[nH]3)C2)n1. The molecule has 1 saturated heterocycles. The Morgan fingerprint density at radius 1 is 1.45 bits per heavy atom. The van der Waals surface area contributed by atoms with E-state index in [4.69, 9.17) is 16.3 Å². The Morgan fingerprint density at radius 3 is 3.10 bits per heavy atom. The van der Waals surface area contributed by atoms with Gasteiger partial charge in [-0.05, 0) is 12.8 Å². The Balaban J connectivity index is 1.83. The third-order valence-electron chi connectivity index (χ3n) is 3.51. The number of anilines is 1. The number of imidazole rings is 1. The van der Waals surface area contributed by atoms with Gasteiger partial charge < -0.3 is 14.6 Å². The van der Waals surface area contributed by atoms with Gasteiger partial charge in [-0.15, -0.1) is 0 Å². The van der Waals surface area contributed by atoms with Crippen molar-refractivity contribution in [3.8, 4) is 6.01 Å². The van der Waals surface area contributed by atoms with Crippen LogP contribution in [0.5, 0.6) is 6.01 Å². The highest BCUT2D eigenvalue weighted by Gasteiger charge is 2.25. The maximum absolute atomic E-state index is 6.21. The first kappa shape index (κ1) is 13.2. The molecule has 1 atom stereocenters. The van der Waals surface area contributed by atoms with Crippen LogP contribution in [0.3, 0.4) is 0 Å². The van der Waals surface area contributed by atoms with E-state index in [0.717, 1.165) is 37.6 Å². The molecular formula is C13H16ClN5O. The number of aromatic amines is 1. The Kier molecular flexibility index (Phi) is 3.73. The summed E-state index contributed by atoms with van der Waals surface area (Å²) in [4.78, 5) is 18.1. The van der Waals surface area contributed by atoms with Gasteiger partial charge in [-0.25, -0.2) is 9.97 Å². The minimum absolute atomic E-state index is 0.338. The summed E-state index contributed by atoms with van der Waals surface area (Å²) < 4.78 is 5.07. The van der Waals surface area contributed by atoms with Crippen molar-refractivity contribution in [2.75, 3.05) is 25.1 Å². The summed E-state index contributed by atoms with van der Waals surface area (Å²) in [5.41, 5.74) is 0. The van der Waals surface area contributed by atoms with E-state index in [1.807, 2.05) is 6.20 Å². The molecule has 106 valence electrons. The second kappa shape index (κ2) is 5.66. The Hall–Kier alpha value is -1.82. The smallest absolute Gasteiger partial charge is 0.318 e. The zero-order chi connectivity index (χ0) is 13.9. The van der Waals surface area contributed by atoms with E-state index < -0.39 is 0 Å². The molecule has 6 nitrogen and oxygen atoms in total. The van der Waals surface area contributed by atoms with Gasteiger partial charge in [-0.1, -0.05) is 11.6 Å². The molecule has 0 amide bonds. The van der Waals surface area contributed by atoms with Gasteiger partial charge in [-0.3, -0.25) is 0 Å². The number of hydrogen-bond donors (Lipinski definition) is 1. The second-order valence-electron chi connectivity index (χ2n) is 4.79. The molecule has 1 unspecified atom stereocenters. The standard InChI is InChI=1S/C13H16ClN5O/c1-20-13-17-7-10(14)12(18-13)19-6-2-3-9(8-19)11-15-4-5-16-11/h4-5,7,9H,2-3,6,8H2,1H3,(H,15,16). The summed E-state index contributed by atoms with van der Waals surface area (Å²) in [6, 6.07) is 0.338. The van der Waals surface area contributed by atoms with Gasteiger partial charge in [0, 0.05) is 31.4 Å². The zero-order valence-electron chi connectivity index (χ0n) is 11.2. The number of nitrogens with one attached hydrogen (secondary N) is 1. The number of ether oxygens (including phenoxy) is 1. The van der Waals surface area contributed by atoms with Crippen molar-refractivity contribution in [1.82, 2.24) is 19.9 Å². The van der Waals surface area contributed by atoms with Crippen molar-refractivity contribution < 1.29 is 4.74 Å². The van der Waals surface area contributed by atoms with Crippen LogP contribution >= 0.6 is 11.6 Å². The molecule has 3 heterocycles. The molecule has 0 aromatic carbocycles. The summed E-state index contributed by atoms with van der Waals surface area (Å²) in [6.45, 7) is 1.77. The first-order valence-electron chi connectivity index (χ1n) is 6.58. The Labute approximate surface area is 122 Å². The average Bonchev–Trinajstić information content (AvgIpc) is 3.02. The normalized spacial score (nSPS) is 19.1. The van der Waals surface area contributed by atoms with Crippen LogP contribution < -0.4 is 9.64 Å². The van der Waals surface area contributed by atoms with Crippen LogP contribution in [0.1, 0.15) is 24.6 Å². The first-order chi connectivity index (χ1) is 9.78. The molecule has 0 aliphatic carbocycles. The van der Waals surface area contributed by atoms with Crippen molar-refractivity contribution in [3.05, 3.63) is 29.4 Å². The van der Waals surface area contributed by atoms with E-state index in [0.29, 0.717) is 17.0 Å². The summed E-state index contributed by atoms with van der Waals surface area (Å²) in [6.07, 6.45) is 7.42. The predicted molar refractivity (Wildman–Crippen MR) is 76.4 cm³/mol. The lowest BCUT2D eigenvalue weighted by Crippen LogP contribution is -2.35. The lowest BCUT2D eigenvalue weighted by molar-refractivity contribution is 0.378. The van der Waals surface area contributed by atoms with Crippen LogP contribution in [0.15, 0.2) is 18.6 Å². The van der Waals surface area contributed by atoms with E-state index >= 15 is 0 Å². The van der Waals surface area contributed by atoms with Gasteiger partial charge >= 0.3 is 6.01 Å². The summed E-state index contributed by atoms with van der Waals surface area (Å²) >= 11 is 6.21. The van der Waals surface area contributed by atoms with Crippen molar-refractivity contribution in [2.24, 2.45) is 0 Å². The quantitative estimate of drug-likeness (QED) is 0.940. The zero-order valence-corrected chi connectivity index (χ0v) is 12.0. The fourth-order valence-electron chi connectivity index (χ4n) is 2.56. The molecule has 2 aromatic rings. The maximum atomic E-state index is 6.21. The summed E-state index contributed by atoms with van der Waals surface area (Å²) in [5, 5.41) is 0.547. The van der Waals surface area contributed by atoms with Crippen molar-refractivity contribution in [1.29, 1.82) is 0 Å². The number of aromatic nitrogens is 4. The monoisotopic (exact) mass is 293 g/mol. The number of halogens is 1. The number of hydrogen-bond acceptors (Lipinski definition) is 5. The molecule has 7 heteroatoms. The highest BCUT2D eigenvalue weighted by atomic mass is 35.5. The number of methoxy groups -OCH3 is 1. The lowest BCUT2D eigenvalue weighted by Gasteiger charge is -2.33. The van der Waals surface area contributed by atoms with Gasteiger partial charge in [0.1, 0.15) is 10.8 Å². The predicted octanol–water partition coefficient (Wildman–Crippen LogP) is 2.25. The first-order valence-corrected chi connectivity index (χ1v) is 6.96. The van der Waals surface area contributed by atoms with Crippen molar-refractivity contribution in [2.45, 2.75) is 18.8 Å². The minimum atomic E-state index is 0.338. The maximum Gasteiger partial charge on any atom is 0.318 e. The molecule has 0 spiro atoms. The molecular weight excluding hydrogens is 278 g/mol. The highest BCUT2D eigenvalue weighted by molar-refractivity contribution is 6.32. The van der Waals surface area contributed by atoms with Crippen molar-refractivity contribution >= 4 is 17.4 Å². The minimum Gasteiger partial charge on any atom is -0.467 e. The number of piperidine rings is 1. The van der Waals surface area contributed by atoms with Crippen LogP contribution in [0.4, 0.5) is 5.82 Å². The van der Waals surface area contributed by atoms with E-state index in [9.17, 15) is 0 Å². The van der Waals surface area contributed by atoms with Gasteiger partial charge in [0.2, 0.25) is 0 Å². The van der Waals surface area contributed by atoms with Crippen LogP contribution in [-0.2, 0) is 0 Å². The van der Waals surface area contributed by atoms with Gasteiger partial charge in [0.15, 0.2) is 5.82 Å². The molecule has 1 N–H and O–H groups in total. The molecule has 1 aliphatic rings. The van der Waals surface area contributed by atoms with Crippen molar-refractivity contribution in [3.63, 3.8) is 0 Å². The number of rotatable bonds is 3. The van der Waals surface area contributed by atoms with Gasteiger partial charge in [0.25, 0.3) is 0 Å². The fraction of sp³-hybridized carbons (Fsp3) is 0.462. The molecule has 1 fully saturated rings. The van der Waals surface area contributed by atoms with Crippen LogP contribution in [-0.4, -0.2) is 40.1 Å². The van der Waals surface area contributed by atoms with E-state index in [1.165, 1.54) is 0 Å². The largest absolute Gasteiger partial charge is 0.467 e. The van der Waals surface area contributed by atoms with E-state index in [2.05, 4.69) is 24.8 Å². The highest BCUT2D eigenvalue weighted by Crippen LogP contribution is 2.31. The molecule has 1 aliphatic heterocycles. The van der Waals surface area contributed by atoms with Gasteiger partial charge in [0.05, 0.1) is 13.3 Å². The van der Waals surface area contributed by atoms with Crippen LogP contribution in [0.25, 0.3) is 0 Å². The molecule has 2 aromatic heterocycles. The molecule has 0 radical (unpaired) electrons. The number of H-pyrrole nitrogens is 1. The number of nitrogens with zero attached hydrogens (tertiary/aromatic N) is 4. The third kappa shape index (κ3) is 2.56. The van der Waals surface area contributed by atoms with E-state index in [1.54, 1.807) is 19.5 Å². The van der Waals surface area contributed by atoms with E-state index in [-0.39, 0.29) is 0 Å². The third-order valence-corrected chi connectivity index (χ3v) is 3.78.